The van der Waals surface area contributed by atoms with E-state index in [1.54, 1.807) is 18.2 Å². The van der Waals surface area contributed by atoms with Gasteiger partial charge in [-0.1, -0.05) is 17.7 Å². The fourth-order valence-electron chi connectivity index (χ4n) is 2.03. The molecular weight excluding hydrogens is 252 g/mol. The Labute approximate surface area is 117 Å². The number of Topliss-reactive ketones (excluding diaryl/α,β-unsaturated/α-hetero) is 1. The second-order valence-electron chi connectivity index (χ2n) is 4.41. The topological polar surface area (TPSA) is 63.0 Å². The quantitative estimate of drug-likeness (QED) is 0.798. The van der Waals surface area contributed by atoms with E-state index in [1.165, 1.54) is 19.5 Å². The fourth-order valence-corrected chi connectivity index (χ4v) is 2.03. The van der Waals surface area contributed by atoms with Crippen LogP contribution in [0.2, 0.25) is 0 Å². The van der Waals surface area contributed by atoms with Crippen LogP contribution in [0.15, 0.2) is 42.7 Å². The van der Waals surface area contributed by atoms with Gasteiger partial charge in [0.15, 0.2) is 5.78 Å². The van der Waals surface area contributed by atoms with Crippen molar-refractivity contribution in [1.29, 1.82) is 5.26 Å². The number of carbonyl (C=O) groups is 1. The maximum absolute atomic E-state index is 12.4. The summed E-state index contributed by atoms with van der Waals surface area (Å²) < 4.78 is 5.25. The van der Waals surface area contributed by atoms with Crippen molar-refractivity contribution in [1.82, 2.24) is 4.98 Å². The van der Waals surface area contributed by atoms with Crippen LogP contribution in [0, 0.1) is 18.3 Å². The molecule has 100 valence electrons. The Morgan fingerprint density at radius 3 is 2.60 bits per heavy atom. The summed E-state index contributed by atoms with van der Waals surface area (Å²) in [5, 5.41) is 9.38. The Hall–Kier alpha value is -2.67. The van der Waals surface area contributed by atoms with Crippen molar-refractivity contribution < 1.29 is 9.53 Å². The normalized spacial score (nSPS) is 11.4. The first kappa shape index (κ1) is 13.8. The molecular formula is C16H14N2O2. The number of aryl methyl sites for hydroxylation is 1. The van der Waals surface area contributed by atoms with E-state index in [9.17, 15) is 10.1 Å². The Bertz CT molecular complexity index is 660. The van der Waals surface area contributed by atoms with E-state index in [4.69, 9.17) is 4.74 Å². The predicted molar refractivity (Wildman–Crippen MR) is 74.7 cm³/mol. The maximum Gasteiger partial charge on any atom is 0.184 e. The lowest BCUT2D eigenvalue weighted by molar-refractivity contribution is 0.0977. The van der Waals surface area contributed by atoms with Crippen molar-refractivity contribution in [2.45, 2.75) is 12.8 Å². The molecule has 1 unspecified atom stereocenters. The predicted octanol–water partition coefficient (Wildman–Crippen LogP) is 2.89. The zero-order valence-corrected chi connectivity index (χ0v) is 11.3. The molecule has 1 atom stereocenters. The summed E-state index contributed by atoms with van der Waals surface area (Å²) in [6.07, 6.45) is 3.07. The number of ether oxygens (including phenoxy) is 1. The molecule has 0 spiro atoms. The van der Waals surface area contributed by atoms with Crippen LogP contribution in [-0.2, 0) is 0 Å². The number of carbonyl (C=O) groups excluding carboxylic acids is 1. The molecule has 0 N–H and O–H groups in total. The van der Waals surface area contributed by atoms with E-state index in [-0.39, 0.29) is 5.78 Å². The van der Waals surface area contributed by atoms with Crippen LogP contribution in [0.3, 0.4) is 0 Å². The first-order chi connectivity index (χ1) is 9.67. The molecule has 1 heterocycles. The van der Waals surface area contributed by atoms with Crippen LogP contribution in [0.25, 0.3) is 0 Å². The summed E-state index contributed by atoms with van der Waals surface area (Å²) in [4.78, 5) is 16.3. The molecule has 0 amide bonds. The van der Waals surface area contributed by atoms with Gasteiger partial charge >= 0.3 is 0 Å². The Morgan fingerprint density at radius 2 is 2.00 bits per heavy atom. The monoisotopic (exact) mass is 266 g/mol. The molecule has 2 rings (SSSR count). The lowest BCUT2D eigenvalue weighted by Gasteiger charge is -2.13. The summed E-state index contributed by atoms with van der Waals surface area (Å²) in [6, 6.07) is 10.7. The number of hydrogen-bond donors (Lipinski definition) is 0. The minimum Gasteiger partial charge on any atom is -0.496 e. The van der Waals surface area contributed by atoms with Gasteiger partial charge < -0.3 is 4.74 Å². The van der Waals surface area contributed by atoms with Gasteiger partial charge in [-0.2, -0.15) is 5.26 Å². The number of benzene rings is 1. The maximum atomic E-state index is 12.4. The van der Waals surface area contributed by atoms with Crippen LogP contribution >= 0.6 is 0 Å². The van der Waals surface area contributed by atoms with E-state index in [1.807, 2.05) is 19.1 Å². The number of nitriles is 1. The third-order valence-corrected chi connectivity index (χ3v) is 3.05. The number of ketones is 1. The summed E-state index contributed by atoms with van der Waals surface area (Å²) in [7, 11) is 1.53. The molecule has 0 aliphatic heterocycles. The molecule has 1 aromatic carbocycles. The molecule has 0 radical (unpaired) electrons. The second-order valence-corrected chi connectivity index (χ2v) is 4.41. The number of rotatable bonds is 4. The average molecular weight is 266 g/mol. The molecule has 0 saturated carbocycles. The highest BCUT2D eigenvalue weighted by Gasteiger charge is 2.25. The molecule has 2 aromatic rings. The minimum atomic E-state index is -0.882. The van der Waals surface area contributed by atoms with Crippen molar-refractivity contribution in [2.24, 2.45) is 0 Å². The second kappa shape index (κ2) is 5.98. The Morgan fingerprint density at radius 1 is 1.30 bits per heavy atom. The van der Waals surface area contributed by atoms with Gasteiger partial charge in [0.25, 0.3) is 0 Å². The van der Waals surface area contributed by atoms with Gasteiger partial charge in [0.2, 0.25) is 0 Å². The number of nitrogens with zero attached hydrogens (tertiary/aromatic N) is 2. The van der Waals surface area contributed by atoms with Crippen molar-refractivity contribution in [3.05, 3.63) is 59.4 Å². The zero-order chi connectivity index (χ0) is 14.5. The van der Waals surface area contributed by atoms with Crippen molar-refractivity contribution in [2.75, 3.05) is 7.11 Å². The molecule has 1 aromatic heterocycles. The zero-order valence-electron chi connectivity index (χ0n) is 11.3. The van der Waals surface area contributed by atoms with Gasteiger partial charge in [0.05, 0.1) is 13.2 Å². The fraction of sp³-hybridized carbons (Fsp3) is 0.188. The van der Waals surface area contributed by atoms with Crippen LogP contribution < -0.4 is 4.74 Å². The third-order valence-electron chi connectivity index (χ3n) is 3.05. The highest BCUT2D eigenvalue weighted by molar-refractivity contribution is 6.03. The lowest BCUT2D eigenvalue weighted by atomic mass is 9.90. The number of pyridine rings is 1. The smallest absolute Gasteiger partial charge is 0.184 e. The van der Waals surface area contributed by atoms with Gasteiger partial charge in [0, 0.05) is 23.5 Å². The standard InChI is InChI=1S/C16H14N2O2/c1-11-3-4-15(20-2)13(9-11)14(10-17)16(19)12-5-7-18-8-6-12/h3-9,14H,1-2H3. The lowest BCUT2D eigenvalue weighted by Crippen LogP contribution is -2.12. The number of hydrogen-bond acceptors (Lipinski definition) is 4. The molecule has 4 heteroatoms. The first-order valence-electron chi connectivity index (χ1n) is 6.15. The van der Waals surface area contributed by atoms with Gasteiger partial charge in [-0.25, -0.2) is 0 Å². The summed E-state index contributed by atoms with van der Waals surface area (Å²) >= 11 is 0. The summed E-state index contributed by atoms with van der Waals surface area (Å²) in [5.41, 5.74) is 2.04. The highest BCUT2D eigenvalue weighted by atomic mass is 16.5. The van der Waals surface area contributed by atoms with Crippen LogP contribution in [0.1, 0.15) is 27.4 Å². The molecule has 0 aliphatic carbocycles. The number of aromatic nitrogens is 1. The van der Waals surface area contributed by atoms with Gasteiger partial charge in [-0.15, -0.1) is 0 Å². The van der Waals surface area contributed by atoms with E-state index < -0.39 is 5.92 Å². The molecule has 0 saturated heterocycles. The van der Waals surface area contributed by atoms with Crippen LogP contribution in [0.5, 0.6) is 5.75 Å². The van der Waals surface area contributed by atoms with Gasteiger partial charge in [0.1, 0.15) is 11.7 Å². The van der Waals surface area contributed by atoms with Crippen LogP contribution in [-0.4, -0.2) is 17.9 Å². The average Bonchev–Trinajstić information content (AvgIpc) is 2.49. The number of methoxy groups -OCH3 is 1. The molecule has 4 nitrogen and oxygen atoms in total. The van der Waals surface area contributed by atoms with E-state index >= 15 is 0 Å². The van der Waals surface area contributed by atoms with E-state index in [0.29, 0.717) is 16.9 Å². The van der Waals surface area contributed by atoms with Crippen molar-refractivity contribution >= 4 is 5.78 Å². The molecule has 20 heavy (non-hydrogen) atoms. The molecule has 0 bridgehead atoms. The minimum absolute atomic E-state index is 0.251. The largest absolute Gasteiger partial charge is 0.496 e. The Balaban J connectivity index is 2.46. The van der Waals surface area contributed by atoms with E-state index in [2.05, 4.69) is 11.1 Å². The van der Waals surface area contributed by atoms with Crippen LogP contribution in [0.4, 0.5) is 0 Å². The summed E-state index contributed by atoms with van der Waals surface area (Å²) in [5.74, 6) is -0.587. The summed E-state index contributed by atoms with van der Waals surface area (Å²) in [6.45, 7) is 1.91. The van der Waals surface area contributed by atoms with Gasteiger partial charge in [-0.05, 0) is 25.1 Å². The SMILES string of the molecule is COc1ccc(C)cc1C(C#N)C(=O)c1ccncc1. The van der Waals surface area contributed by atoms with E-state index in [0.717, 1.165) is 5.56 Å². The van der Waals surface area contributed by atoms with Gasteiger partial charge in [-0.3, -0.25) is 9.78 Å². The third kappa shape index (κ3) is 2.67. The highest BCUT2D eigenvalue weighted by Crippen LogP contribution is 2.29. The molecule has 0 aliphatic rings. The molecule has 0 fully saturated rings. The van der Waals surface area contributed by atoms with Crippen molar-refractivity contribution in [3.63, 3.8) is 0 Å². The van der Waals surface area contributed by atoms with Crippen molar-refractivity contribution in [3.8, 4) is 11.8 Å². The first-order valence-corrected chi connectivity index (χ1v) is 6.15. The Kier molecular flexibility index (Phi) is 4.11.